The van der Waals surface area contributed by atoms with E-state index in [1.54, 1.807) is 0 Å². The quantitative estimate of drug-likeness (QED) is 0.851. The monoisotopic (exact) mass is 239 g/mol. The van der Waals surface area contributed by atoms with E-state index >= 15 is 0 Å². The third kappa shape index (κ3) is 4.08. The highest BCUT2D eigenvalue weighted by atomic mass is 19.3. The number of alkyl halides is 2. The van der Waals surface area contributed by atoms with E-state index in [1.165, 1.54) is 24.8 Å². The summed E-state index contributed by atoms with van der Waals surface area (Å²) in [4.78, 5) is 0. The zero-order valence-electron chi connectivity index (χ0n) is 9.96. The van der Waals surface area contributed by atoms with Gasteiger partial charge in [-0.05, 0) is 36.9 Å². The number of piperidine rings is 1. The van der Waals surface area contributed by atoms with Crippen LogP contribution < -0.4 is 5.32 Å². The number of benzene rings is 1. The van der Waals surface area contributed by atoms with Crippen LogP contribution in [0, 0.1) is 0 Å². The molecule has 0 bridgehead atoms. The molecule has 1 aromatic rings. The van der Waals surface area contributed by atoms with Crippen molar-refractivity contribution in [3.8, 4) is 0 Å². The fourth-order valence-corrected chi connectivity index (χ4v) is 2.37. The average molecular weight is 239 g/mol. The lowest BCUT2D eigenvalue weighted by atomic mass is 9.97. The van der Waals surface area contributed by atoms with Crippen molar-refractivity contribution in [3.05, 3.63) is 35.4 Å². The van der Waals surface area contributed by atoms with Crippen LogP contribution in [0.3, 0.4) is 0 Å². The molecule has 1 nitrogen and oxygen atoms in total. The molecular weight excluding hydrogens is 220 g/mol. The summed E-state index contributed by atoms with van der Waals surface area (Å²) in [6.45, 7) is 1.11. The molecule has 0 aliphatic carbocycles. The maximum Gasteiger partial charge on any atom is 0.242 e. The third-order valence-corrected chi connectivity index (χ3v) is 3.31. The SMILES string of the molecule is FC(F)Cc1ccc(CC2CCCCN2)cc1. The normalized spacial score (nSPS) is 20.8. The van der Waals surface area contributed by atoms with Crippen molar-refractivity contribution in [2.24, 2.45) is 0 Å². The molecule has 94 valence electrons. The first-order chi connectivity index (χ1) is 8.24. The molecule has 1 fully saturated rings. The first-order valence-electron chi connectivity index (χ1n) is 6.33. The molecule has 1 atom stereocenters. The van der Waals surface area contributed by atoms with Gasteiger partial charge in [0.2, 0.25) is 6.43 Å². The summed E-state index contributed by atoms with van der Waals surface area (Å²) in [5.74, 6) is 0. The Balaban J connectivity index is 1.88. The Morgan fingerprint density at radius 3 is 2.41 bits per heavy atom. The largest absolute Gasteiger partial charge is 0.314 e. The van der Waals surface area contributed by atoms with E-state index in [-0.39, 0.29) is 6.42 Å². The molecule has 1 aliphatic heterocycles. The Morgan fingerprint density at radius 1 is 1.12 bits per heavy atom. The van der Waals surface area contributed by atoms with Crippen molar-refractivity contribution < 1.29 is 8.78 Å². The smallest absolute Gasteiger partial charge is 0.242 e. The van der Waals surface area contributed by atoms with Crippen LogP contribution in [0.4, 0.5) is 8.78 Å². The molecule has 17 heavy (non-hydrogen) atoms. The molecule has 0 aromatic heterocycles. The molecule has 3 heteroatoms. The van der Waals surface area contributed by atoms with Crippen molar-refractivity contribution in [2.45, 2.75) is 44.6 Å². The molecule has 0 saturated carbocycles. The summed E-state index contributed by atoms with van der Waals surface area (Å²) < 4.78 is 24.4. The summed E-state index contributed by atoms with van der Waals surface area (Å²) >= 11 is 0. The minimum atomic E-state index is -2.25. The highest BCUT2D eigenvalue weighted by Crippen LogP contribution is 2.14. The molecule has 0 amide bonds. The predicted octanol–water partition coefficient (Wildman–Crippen LogP) is 3.18. The van der Waals surface area contributed by atoms with Crippen LogP contribution in [0.2, 0.25) is 0 Å². The standard InChI is InChI=1S/C14H19F2N/c15-14(16)10-12-6-4-11(5-7-12)9-13-3-1-2-8-17-13/h4-7,13-14,17H,1-3,8-10H2. The van der Waals surface area contributed by atoms with Gasteiger partial charge in [0, 0.05) is 12.5 Å². The molecule has 0 spiro atoms. The molecule has 1 aliphatic rings. The van der Waals surface area contributed by atoms with E-state index in [1.807, 2.05) is 24.3 Å². The average Bonchev–Trinajstić information content (AvgIpc) is 2.32. The van der Waals surface area contributed by atoms with Gasteiger partial charge in [0.25, 0.3) is 0 Å². The van der Waals surface area contributed by atoms with Gasteiger partial charge < -0.3 is 5.32 Å². The highest BCUT2D eigenvalue weighted by Gasteiger charge is 2.12. The Kier molecular flexibility index (Phi) is 4.49. The summed E-state index contributed by atoms with van der Waals surface area (Å²) in [5.41, 5.74) is 1.96. The van der Waals surface area contributed by atoms with Gasteiger partial charge in [-0.1, -0.05) is 30.7 Å². The third-order valence-electron chi connectivity index (χ3n) is 3.31. The van der Waals surface area contributed by atoms with Crippen LogP contribution in [0.5, 0.6) is 0 Å². The predicted molar refractivity (Wildman–Crippen MR) is 65.5 cm³/mol. The maximum atomic E-state index is 12.2. The number of nitrogens with one attached hydrogen (secondary N) is 1. The number of hydrogen-bond acceptors (Lipinski definition) is 1. The first kappa shape index (κ1) is 12.5. The number of halogens is 2. The minimum absolute atomic E-state index is 0.137. The van der Waals surface area contributed by atoms with E-state index in [4.69, 9.17) is 0 Å². The van der Waals surface area contributed by atoms with E-state index in [9.17, 15) is 8.78 Å². The minimum Gasteiger partial charge on any atom is -0.314 e. The van der Waals surface area contributed by atoms with Crippen molar-refractivity contribution in [3.63, 3.8) is 0 Å². The van der Waals surface area contributed by atoms with Gasteiger partial charge in [0.15, 0.2) is 0 Å². The van der Waals surface area contributed by atoms with Crippen molar-refractivity contribution >= 4 is 0 Å². The second-order valence-corrected chi connectivity index (χ2v) is 4.76. The topological polar surface area (TPSA) is 12.0 Å². The lowest BCUT2D eigenvalue weighted by Crippen LogP contribution is -2.35. The van der Waals surface area contributed by atoms with Crippen LogP contribution in [0.15, 0.2) is 24.3 Å². The molecule has 2 rings (SSSR count). The van der Waals surface area contributed by atoms with Crippen LogP contribution in [-0.4, -0.2) is 19.0 Å². The number of hydrogen-bond donors (Lipinski definition) is 1. The first-order valence-corrected chi connectivity index (χ1v) is 6.33. The molecule has 1 unspecified atom stereocenters. The van der Waals surface area contributed by atoms with E-state index in [0.717, 1.165) is 18.5 Å². The zero-order chi connectivity index (χ0) is 12.1. The van der Waals surface area contributed by atoms with Crippen LogP contribution in [0.1, 0.15) is 30.4 Å². The van der Waals surface area contributed by atoms with Gasteiger partial charge in [0.05, 0.1) is 0 Å². The van der Waals surface area contributed by atoms with Crippen LogP contribution in [0.25, 0.3) is 0 Å². The maximum absolute atomic E-state index is 12.2. The van der Waals surface area contributed by atoms with Crippen molar-refractivity contribution in [1.29, 1.82) is 0 Å². The highest BCUT2D eigenvalue weighted by molar-refractivity contribution is 5.23. The van der Waals surface area contributed by atoms with Gasteiger partial charge in [-0.15, -0.1) is 0 Å². The van der Waals surface area contributed by atoms with Gasteiger partial charge in [-0.2, -0.15) is 0 Å². The molecule has 1 N–H and O–H groups in total. The Hall–Kier alpha value is -0.960. The van der Waals surface area contributed by atoms with Crippen LogP contribution >= 0.6 is 0 Å². The summed E-state index contributed by atoms with van der Waals surface area (Å²) in [5, 5.41) is 3.49. The molecule has 0 radical (unpaired) electrons. The Labute approximate surface area is 101 Å². The van der Waals surface area contributed by atoms with Gasteiger partial charge in [-0.25, -0.2) is 8.78 Å². The molecule has 1 aromatic carbocycles. The van der Waals surface area contributed by atoms with Gasteiger partial charge in [0.1, 0.15) is 0 Å². The van der Waals surface area contributed by atoms with Crippen molar-refractivity contribution in [2.75, 3.05) is 6.54 Å². The Morgan fingerprint density at radius 2 is 1.82 bits per heavy atom. The van der Waals surface area contributed by atoms with Gasteiger partial charge >= 0.3 is 0 Å². The van der Waals surface area contributed by atoms with Gasteiger partial charge in [-0.3, -0.25) is 0 Å². The molecule has 1 saturated heterocycles. The zero-order valence-corrected chi connectivity index (χ0v) is 9.96. The fraction of sp³-hybridized carbons (Fsp3) is 0.571. The fourth-order valence-electron chi connectivity index (χ4n) is 2.37. The van der Waals surface area contributed by atoms with Crippen LogP contribution in [-0.2, 0) is 12.8 Å². The Bertz CT molecular complexity index is 329. The van der Waals surface area contributed by atoms with E-state index < -0.39 is 6.43 Å². The second kappa shape index (κ2) is 6.10. The number of rotatable bonds is 4. The summed E-state index contributed by atoms with van der Waals surface area (Å²) in [6, 6.07) is 8.17. The second-order valence-electron chi connectivity index (χ2n) is 4.76. The summed E-state index contributed by atoms with van der Waals surface area (Å²) in [7, 11) is 0. The molecular formula is C14H19F2N. The lowest BCUT2D eigenvalue weighted by molar-refractivity contribution is 0.149. The van der Waals surface area contributed by atoms with E-state index in [2.05, 4.69) is 5.32 Å². The lowest BCUT2D eigenvalue weighted by Gasteiger charge is -2.23. The summed E-state index contributed by atoms with van der Waals surface area (Å²) in [6.07, 6.45) is 2.40. The van der Waals surface area contributed by atoms with E-state index in [0.29, 0.717) is 6.04 Å². The molecule has 1 heterocycles. The van der Waals surface area contributed by atoms with Crippen molar-refractivity contribution in [1.82, 2.24) is 5.32 Å².